The molecule has 7 heteroatoms. The smallest absolute Gasteiger partial charge is 0.328 e. The van der Waals surface area contributed by atoms with E-state index < -0.39 is 23.5 Å². The van der Waals surface area contributed by atoms with Gasteiger partial charge in [0.25, 0.3) is 5.91 Å². The number of furan rings is 1. The van der Waals surface area contributed by atoms with Crippen LogP contribution in [-0.2, 0) is 10.2 Å². The lowest BCUT2D eigenvalue weighted by Gasteiger charge is -2.30. The molecule has 7 nitrogen and oxygen atoms in total. The third-order valence-corrected chi connectivity index (χ3v) is 7.23. The van der Waals surface area contributed by atoms with E-state index in [0.29, 0.717) is 16.9 Å². The Morgan fingerprint density at radius 2 is 1.59 bits per heavy atom. The standard InChI is InChI=1S/C30H39NO6/c1-8-30(9-2,21-11-13-22(14-12-21)36-18-24(32)28(3,4)5)25-17-20-16-19(10-15-23(20)37-25)26(33)31-29(6,7)27(34)35/h10-17,24,32H,8-9,18H2,1-7H3,(H,31,33)(H,34,35)/t24-/m1/s1. The van der Waals surface area contributed by atoms with E-state index in [1.165, 1.54) is 13.8 Å². The zero-order chi connectivity index (χ0) is 27.6. The number of carbonyl (C=O) groups is 2. The van der Waals surface area contributed by atoms with E-state index in [1.807, 2.05) is 51.1 Å². The maximum atomic E-state index is 12.7. The van der Waals surface area contributed by atoms with Crippen molar-refractivity contribution in [2.45, 2.75) is 78.4 Å². The molecule has 0 radical (unpaired) electrons. The van der Waals surface area contributed by atoms with Gasteiger partial charge in [-0.2, -0.15) is 0 Å². The summed E-state index contributed by atoms with van der Waals surface area (Å²) in [4.78, 5) is 24.1. The van der Waals surface area contributed by atoms with Gasteiger partial charge < -0.3 is 24.7 Å². The summed E-state index contributed by atoms with van der Waals surface area (Å²) in [7, 11) is 0. The van der Waals surface area contributed by atoms with Crippen LogP contribution < -0.4 is 10.1 Å². The highest BCUT2D eigenvalue weighted by molar-refractivity contribution is 6.00. The minimum Gasteiger partial charge on any atom is -0.491 e. The van der Waals surface area contributed by atoms with Gasteiger partial charge in [0.05, 0.1) is 11.5 Å². The first kappa shape index (κ1) is 28.3. The van der Waals surface area contributed by atoms with Crippen molar-refractivity contribution in [3.63, 3.8) is 0 Å². The molecule has 1 aromatic heterocycles. The summed E-state index contributed by atoms with van der Waals surface area (Å²) in [5.74, 6) is -0.0723. The van der Waals surface area contributed by atoms with E-state index in [2.05, 4.69) is 19.2 Å². The largest absolute Gasteiger partial charge is 0.491 e. The van der Waals surface area contributed by atoms with Crippen molar-refractivity contribution in [2.75, 3.05) is 6.61 Å². The molecule has 3 aromatic rings. The average Bonchev–Trinajstić information content (AvgIpc) is 3.27. The SMILES string of the molecule is CCC(CC)(c1ccc(OC[C@@H](O)C(C)(C)C)cc1)c1cc2cc(C(=O)NC(C)(C)C(=O)O)ccc2o1. The van der Waals surface area contributed by atoms with Gasteiger partial charge in [-0.1, -0.05) is 46.8 Å². The number of aliphatic carboxylic acids is 1. The van der Waals surface area contributed by atoms with Gasteiger partial charge in [0.1, 0.15) is 29.2 Å². The highest BCUT2D eigenvalue weighted by Crippen LogP contribution is 2.42. The summed E-state index contributed by atoms with van der Waals surface area (Å²) in [5, 5.41) is 22.9. The third-order valence-electron chi connectivity index (χ3n) is 7.23. The first-order valence-electron chi connectivity index (χ1n) is 12.7. The van der Waals surface area contributed by atoms with Crippen molar-refractivity contribution < 1.29 is 29.0 Å². The summed E-state index contributed by atoms with van der Waals surface area (Å²) in [6.45, 7) is 13.3. The zero-order valence-electron chi connectivity index (χ0n) is 22.8. The first-order valence-corrected chi connectivity index (χ1v) is 12.7. The lowest BCUT2D eigenvalue weighted by atomic mass is 9.74. The molecule has 0 fully saturated rings. The van der Waals surface area contributed by atoms with Gasteiger partial charge in [0, 0.05) is 10.9 Å². The number of hydrogen-bond donors (Lipinski definition) is 3. The molecule has 0 bridgehead atoms. The number of benzene rings is 2. The molecule has 3 N–H and O–H groups in total. The summed E-state index contributed by atoms with van der Waals surface area (Å²) in [6.07, 6.45) is 1.02. The number of rotatable bonds is 10. The van der Waals surface area contributed by atoms with Crippen LogP contribution in [0.1, 0.15) is 83.0 Å². The Labute approximate surface area is 218 Å². The number of nitrogens with one attached hydrogen (secondary N) is 1. The van der Waals surface area contributed by atoms with Gasteiger partial charge in [-0.3, -0.25) is 4.79 Å². The van der Waals surface area contributed by atoms with Gasteiger partial charge >= 0.3 is 5.97 Å². The molecular formula is C30H39NO6. The van der Waals surface area contributed by atoms with Crippen molar-refractivity contribution in [1.82, 2.24) is 5.32 Å². The number of hydrogen-bond acceptors (Lipinski definition) is 5. The predicted molar refractivity (Wildman–Crippen MR) is 144 cm³/mol. The summed E-state index contributed by atoms with van der Waals surface area (Å²) < 4.78 is 12.1. The second-order valence-electron chi connectivity index (χ2n) is 11.3. The van der Waals surface area contributed by atoms with Crippen LogP contribution >= 0.6 is 0 Å². The number of carboxylic acids is 1. The van der Waals surface area contributed by atoms with Crippen molar-refractivity contribution in [1.29, 1.82) is 0 Å². The van der Waals surface area contributed by atoms with Crippen LogP contribution in [-0.4, -0.2) is 40.3 Å². The summed E-state index contributed by atoms with van der Waals surface area (Å²) >= 11 is 0. The zero-order valence-corrected chi connectivity index (χ0v) is 22.8. The maximum Gasteiger partial charge on any atom is 0.328 e. The molecule has 0 aliphatic rings. The molecule has 0 saturated carbocycles. The van der Waals surface area contributed by atoms with E-state index in [1.54, 1.807) is 18.2 Å². The number of fused-ring (bicyclic) bond motifs is 1. The molecule has 37 heavy (non-hydrogen) atoms. The fraction of sp³-hybridized carbons (Fsp3) is 0.467. The van der Waals surface area contributed by atoms with E-state index in [9.17, 15) is 19.8 Å². The average molecular weight is 510 g/mol. The lowest BCUT2D eigenvalue weighted by Crippen LogP contribution is -2.49. The Morgan fingerprint density at radius 1 is 0.973 bits per heavy atom. The van der Waals surface area contributed by atoms with E-state index in [0.717, 1.165) is 29.6 Å². The Morgan fingerprint density at radius 3 is 2.14 bits per heavy atom. The quantitative estimate of drug-likeness (QED) is 0.313. The fourth-order valence-electron chi connectivity index (χ4n) is 4.27. The van der Waals surface area contributed by atoms with Crippen molar-refractivity contribution >= 4 is 22.8 Å². The number of amides is 1. The monoisotopic (exact) mass is 509 g/mol. The molecule has 0 saturated heterocycles. The lowest BCUT2D eigenvalue weighted by molar-refractivity contribution is -0.143. The predicted octanol–water partition coefficient (Wildman–Crippen LogP) is 5.92. The van der Waals surface area contributed by atoms with Crippen molar-refractivity contribution in [3.8, 4) is 5.75 Å². The fourth-order valence-corrected chi connectivity index (χ4v) is 4.27. The Hall–Kier alpha value is -3.32. The first-order chi connectivity index (χ1) is 17.2. The van der Waals surface area contributed by atoms with E-state index in [-0.39, 0.29) is 17.4 Å². The molecule has 1 atom stereocenters. The molecule has 0 unspecified atom stereocenters. The van der Waals surface area contributed by atoms with Crippen LogP contribution in [0, 0.1) is 5.41 Å². The summed E-state index contributed by atoms with van der Waals surface area (Å²) in [6, 6.07) is 15.0. The Bertz CT molecular complexity index is 1250. The Balaban J connectivity index is 1.88. The molecule has 1 amide bonds. The molecular weight excluding hydrogens is 470 g/mol. The van der Waals surface area contributed by atoms with Gasteiger partial charge in [-0.15, -0.1) is 0 Å². The molecule has 1 heterocycles. The van der Waals surface area contributed by atoms with Crippen molar-refractivity contribution in [2.24, 2.45) is 5.41 Å². The molecule has 0 aliphatic heterocycles. The Kier molecular flexibility index (Phi) is 8.08. The normalized spacial score (nSPS) is 13.4. The minimum absolute atomic E-state index is 0.221. The number of carbonyl (C=O) groups excluding carboxylic acids is 1. The molecule has 3 rings (SSSR count). The van der Waals surface area contributed by atoms with Crippen LogP contribution in [0.25, 0.3) is 11.0 Å². The highest BCUT2D eigenvalue weighted by atomic mass is 16.5. The third kappa shape index (κ3) is 5.99. The van der Waals surface area contributed by atoms with Crippen molar-refractivity contribution in [3.05, 3.63) is 65.4 Å². The molecule has 200 valence electrons. The van der Waals surface area contributed by atoms with Crippen LogP contribution in [0.4, 0.5) is 0 Å². The van der Waals surface area contributed by atoms with Gasteiger partial charge in [-0.05, 0) is 74.1 Å². The van der Waals surface area contributed by atoms with Crippen LogP contribution in [0.3, 0.4) is 0 Å². The number of aliphatic hydroxyl groups excluding tert-OH is 1. The van der Waals surface area contributed by atoms with E-state index >= 15 is 0 Å². The minimum atomic E-state index is -1.38. The molecule has 0 spiro atoms. The molecule has 2 aromatic carbocycles. The second kappa shape index (κ2) is 10.6. The molecule has 0 aliphatic carbocycles. The maximum absolute atomic E-state index is 12.7. The van der Waals surface area contributed by atoms with Gasteiger partial charge in [0.2, 0.25) is 0 Å². The highest BCUT2D eigenvalue weighted by Gasteiger charge is 2.35. The van der Waals surface area contributed by atoms with Crippen LogP contribution in [0.5, 0.6) is 5.75 Å². The number of carboxylic acid groups (broad SMARTS) is 1. The number of ether oxygens (including phenoxy) is 1. The van der Waals surface area contributed by atoms with Gasteiger partial charge in [-0.25, -0.2) is 4.79 Å². The second-order valence-corrected chi connectivity index (χ2v) is 11.3. The van der Waals surface area contributed by atoms with E-state index in [4.69, 9.17) is 9.15 Å². The number of aliphatic hydroxyl groups is 1. The van der Waals surface area contributed by atoms with Gasteiger partial charge in [0.15, 0.2) is 0 Å². The van der Waals surface area contributed by atoms with Crippen LogP contribution in [0.15, 0.2) is 52.9 Å². The summed E-state index contributed by atoms with van der Waals surface area (Å²) in [5.41, 5.74) is 0.0948. The topological polar surface area (TPSA) is 109 Å². The van der Waals surface area contributed by atoms with Crippen LogP contribution in [0.2, 0.25) is 0 Å².